The highest BCUT2D eigenvalue weighted by atomic mass is 127. The summed E-state index contributed by atoms with van der Waals surface area (Å²) in [4.78, 5) is 27.4. The summed E-state index contributed by atoms with van der Waals surface area (Å²) in [6.45, 7) is 3.01. The zero-order valence-corrected chi connectivity index (χ0v) is 20.1. The first-order chi connectivity index (χ1) is 15.1. The maximum Gasteiger partial charge on any atom is 0.293 e. The highest BCUT2D eigenvalue weighted by Crippen LogP contribution is 2.37. The van der Waals surface area contributed by atoms with Gasteiger partial charge in [0.1, 0.15) is 5.75 Å². The van der Waals surface area contributed by atoms with Gasteiger partial charge in [0.2, 0.25) is 0 Å². The van der Waals surface area contributed by atoms with Crippen molar-refractivity contribution in [2.45, 2.75) is 26.3 Å². The van der Waals surface area contributed by atoms with Gasteiger partial charge in [-0.3, -0.25) is 14.5 Å². The molecule has 0 aromatic heterocycles. The van der Waals surface area contributed by atoms with Crippen LogP contribution in [0.25, 0.3) is 16.8 Å². The maximum atomic E-state index is 13.1. The van der Waals surface area contributed by atoms with Crippen LogP contribution in [0, 0.1) is 3.57 Å². The van der Waals surface area contributed by atoms with Crippen LogP contribution in [-0.2, 0) is 11.3 Å². The SMILES string of the molecule is CCCCOc1ccc2ccccc2c1/C=C1\SC(=O)N(Cc2ccc(I)cc2)C1=O. The standard InChI is InChI=1S/C25H22INO3S/c1-2-3-14-30-22-13-10-18-6-4-5-7-20(18)21(22)15-23-24(28)27(25(29)31-23)16-17-8-11-19(26)12-9-17/h4-13,15H,2-3,14,16H2,1H3/b23-15-. The fraction of sp³-hybridized carbons (Fsp3) is 0.200. The Morgan fingerprint density at radius 2 is 1.81 bits per heavy atom. The first-order valence-corrected chi connectivity index (χ1v) is 12.1. The number of unbranched alkanes of at least 4 members (excludes halogenated alkanes) is 1. The van der Waals surface area contributed by atoms with Gasteiger partial charge in [0.25, 0.3) is 11.1 Å². The summed E-state index contributed by atoms with van der Waals surface area (Å²) in [5.74, 6) is 0.470. The van der Waals surface area contributed by atoms with Crippen molar-refractivity contribution in [2.75, 3.05) is 6.61 Å². The average molecular weight is 543 g/mol. The Kier molecular flexibility index (Phi) is 6.97. The molecule has 3 aromatic carbocycles. The third kappa shape index (κ3) is 4.96. The Balaban J connectivity index is 1.67. The van der Waals surface area contributed by atoms with Crippen molar-refractivity contribution in [2.24, 2.45) is 0 Å². The fourth-order valence-electron chi connectivity index (χ4n) is 3.42. The van der Waals surface area contributed by atoms with Gasteiger partial charge in [-0.15, -0.1) is 0 Å². The Bertz CT molecular complexity index is 1160. The van der Waals surface area contributed by atoms with Crippen LogP contribution < -0.4 is 4.74 Å². The van der Waals surface area contributed by atoms with Crippen molar-refractivity contribution >= 4 is 62.3 Å². The molecule has 0 atom stereocenters. The van der Waals surface area contributed by atoms with E-state index in [0.717, 1.165) is 55.8 Å². The highest BCUT2D eigenvalue weighted by molar-refractivity contribution is 14.1. The molecule has 1 fully saturated rings. The van der Waals surface area contributed by atoms with E-state index >= 15 is 0 Å². The van der Waals surface area contributed by atoms with Gasteiger partial charge in [0.05, 0.1) is 18.1 Å². The van der Waals surface area contributed by atoms with E-state index < -0.39 is 0 Å². The molecule has 0 spiro atoms. The highest BCUT2D eigenvalue weighted by Gasteiger charge is 2.35. The number of fused-ring (bicyclic) bond motifs is 1. The number of benzene rings is 3. The second kappa shape index (κ2) is 9.87. The normalized spacial score (nSPS) is 15.3. The number of hydrogen-bond acceptors (Lipinski definition) is 4. The number of carbonyl (C=O) groups is 2. The minimum atomic E-state index is -0.263. The van der Waals surface area contributed by atoms with Gasteiger partial charge in [-0.25, -0.2) is 0 Å². The van der Waals surface area contributed by atoms with Crippen molar-refractivity contribution < 1.29 is 14.3 Å². The largest absolute Gasteiger partial charge is 0.493 e. The molecule has 0 unspecified atom stereocenters. The summed E-state index contributed by atoms with van der Waals surface area (Å²) in [6, 6.07) is 19.8. The molecule has 0 saturated carbocycles. The molecule has 31 heavy (non-hydrogen) atoms. The lowest BCUT2D eigenvalue weighted by Crippen LogP contribution is -2.27. The third-order valence-corrected chi connectivity index (χ3v) is 6.72. The summed E-state index contributed by atoms with van der Waals surface area (Å²) in [6.07, 6.45) is 3.81. The molecular formula is C25H22INO3S. The lowest BCUT2D eigenvalue weighted by atomic mass is 10.0. The number of imide groups is 1. The maximum absolute atomic E-state index is 13.1. The van der Waals surface area contributed by atoms with Gasteiger partial charge in [0, 0.05) is 9.13 Å². The van der Waals surface area contributed by atoms with Crippen molar-refractivity contribution in [1.82, 2.24) is 4.90 Å². The average Bonchev–Trinajstić information content (AvgIpc) is 3.04. The van der Waals surface area contributed by atoms with Crippen LogP contribution >= 0.6 is 34.4 Å². The molecule has 0 aliphatic carbocycles. The second-order valence-corrected chi connectivity index (χ2v) is 9.53. The molecule has 4 rings (SSSR count). The number of ether oxygens (including phenoxy) is 1. The monoisotopic (exact) mass is 543 g/mol. The molecule has 1 aliphatic rings. The van der Waals surface area contributed by atoms with Crippen LogP contribution in [0.4, 0.5) is 4.79 Å². The second-order valence-electron chi connectivity index (χ2n) is 7.29. The zero-order valence-electron chi connectivity index (χ0n) is 17.1. The zero-order chi connectivity index (χ0) is 21.8. The van der Waals surface area contributed by atoms with Crippen molar-refractivity contribution in [3.63, 3.8) is 0 Å². The van der Waals surface area contributed by atoms with Gasteiger partial charge in [-0.05, 0) is 81.4 Å². The fourth-order valence-corrected chi connectivity index (χ4v) is 4.60. The summed E-state index contributed by atoms with van der Waals surface area (Å²) >= 11 is 3.22. The quantitative estimate of drug-likeness (QED) is 0.186. The third-order valence-electron chi connectivity index (χ3n) is 5.09. The van der Waals surface area contributed by atoms with Crippen LogP contribution in [0.3, 0.4) is 0 Å². The number of amides is 2. The van der Waals surface area contributed by atoms with Gasteiger partial charge in [-0.2, -0.15) is 0 Å². The first-order valence-electron chi connectivity index (χ1n) is 10.2. The van der Waals surface area contributed by atoms with Crippen LogP contribution in [0.5, 0.6) is 5.75 Å². The van der Waals surface area contributed by atoms with Crippen molar-refractivity contribution in [1.29, 1.82) is 0 Å². The van der Waals surface area contributed by atoms with E-state index in [2.05, 4.69) is 29.5 Å². The van der Waals surface area contributed by atoms with Crippen molar-refractivity contribution in [3.05, 3.63) is 80.3 Å². The molecule has 1 heterocycles. The van der Waals surface area contributed by atoms with Crippen LogP contribution in [0.2, 0.25) is 0 Å². The van der Waals surface area contributed by atoms with Crippen LogP contribution in [-0.4, -0.2) is 22.7 Å². The van der Waals surface area contributed by atoms with Gasteiger partial charge in [-0.1, -0.05) is 55.8 Å². The number of hydrogen-bond donors (Lipinski definition) is 0. The minimum absolute atomic E-state index is 0.247. The summed E-state index contributed by atoms with van der Waals surface area (Å²) in [7, 11) is 0. The minimum Gasteiger partial charge on any atom is -0.493 e. The molecule has 0 bridgehead atoms. The van der Waals surface area contributed by atoms with E-state index in [-0.39, 0.29) is 17.7 Å². The summed E-state index contributed by atoms with van der Waals surface area (Å²) < 4.78 is 7.14. The predicted molar refractivity (Wildman–Crippen MR) is 135 cm³/mol. The van der Waals surface area contributed by atoms with Gasteiger partial charge >= 0.3 is 0 Å². The molecule has 158 valence electrons. The Hall–Kier alpha value is -2.32. The molecule has 2 amide bonds. The van der Waals surface area contributed by atoms with E-state index in [1.807, 2.05) is 66.7 Å². The van der Waals surface area contributed by atoms with Crippen LogP contribution in [0.1, 0.15) is 30.9 Å². The number of rotatable bonds is 7. The Labute approximate surface area is 199 Å². The van der Waals surface area contributed by atoms with E-state index in [4.69, 9.17) is 4.74 Å². The van der Waals surface area contributed by atoms with E-state index in [1.54, 1.807) is 0 Å². The molecule has 4 nitrogen and oxygen atoms in total. The lowest BCUT2D eigenvalue weighted by molar-refractivity contribution is -0.123. The Morgan fingerprint density at radius 3 is 2.58 bits per heavy atom. The van der Waals surface area contributed by atoms with Crippen LogP contribution in [0.15, 0.2) is 65.6 Å². The molecule has 6 heteroatoms. The molecule has 3 aromatic rings. The van der Waals surface area contributed by atoms with E-state index in [0.29, 0.717) is 11.5 Å². The molecule has 1 saturated heterocycles. The van der Waals surface area contributed by atoms with Gasteiger partial charge < -0.3 is 4.74 Å². The topological polar surface area (TPSA) is 46.6 Å². The summed E-state index contributed by atoms with van der Waals surface area (Å²) in [5.41, 5.74) is 1.77. The number of halogens is 1. The predicted octanol–water partition coefficient (Wildman–Crippen LogP) is 6.86. The molecule has 0 N–H and O–H groups in total. The summed E-state index contributed by atoms with van der Waals surface area (Å²) in [5, 5.41) is 1.82. The van der Waals surface area contributed by atoms with Gasteiger partial charge in [0.15, 0.2) is 0 Å². The molecular weight excluding hydrogens is 521 g/mol. The van der Waals surface area contributed by atoms with Crippen molar-refractivity contribution in [3.8, 4) is 5.75 Å². The number of carbonyl (C=O) groups excluding carboxylic acids is 2. The number of nitrogens with zero attached hydrogens (tertiary/aromatic N) is 1. The lowest BCUT2D eigenvalue weighted by Gasteiger charge is -2.13. The molecule has 0 radical (unpaired) electrons. The van der Waals surface area contributed by atoms with E-state index in [1.165, 1.54) is 4.90 Å². The van der Waals surface area contributed by atoms with E-state index in [9.17, 15) is 9.59 Å². The smallest absolute Gasteiger partial charge is 0.293 e. The molecule has 1 aliphatic heterocycles. The Morgan fingerprint density at radius 1 is 1.03 bits per heavy atom. The number of thioether (sulfide) groups is 1. The first kappa shape index (κ1) is 21.9.